The number of benzene rings is 2. The number of amides is 1. The van der Waals surface area contributed by atoms with Crippen LogP contribution in [0.4, 0.5) is 4.39 Å². The zero-order valence-electron chi connectivity index (χ0n) is 15.2. The molecule has 2 aromatic carbocycles. The molecule has 26 heavy (non-hydrogen) atoms. The van der Waals surface area contributed by atoms with Crippen molar-refractivity contribution in [3.05, 3.63) is 59.4 Å². The SMILES string of the molecule is CC[C@H](OC)C(=O)NCc1ccc2[nH]c(-c3ccc(F)cc3)c(C)c2c1. The molecule has 1 heterocycles. The van der Waals surface area contributed by atoms with Crippen molar-refractivity contribution >= 4 is 16.8 Å². The Kier molecular flexibility index (Phi) is 5.38. The van der Waals surface area contributed by atoms with Crippen molar-refractivity contribution in [3.8, 4) is 11.3 Å². The summed E-state index contributed by atoms with van der Waals surface area (Å²) in [5.74, 6) is -0.352. The fourth-order valence-corrected chi connectivity index (χ4v) is 3.15. The van der Waals surface area contributed by atoms with Gasteiger partial charge in [-0.1, -0.05) is 13.0 Å². The third-order valence-electron chi connectivity index (χ3n) is 4.67. The van der Waals surface area contributed by atoms with Gasteiger partial charge in [0.05, 0.1) is 0 Å². The number of carbonyl (C=O) groups excluding carboxylic acids is 1. The molecule has 136 valence electrons. The highest BCUT2D eigenvalue weighted by Gasteiger charge is 2.15. The number of rotatable bonds is 6. The van der Waals surface area contributed by atoms with Crippen LogP contribution in [0.25, 0.3) is 22.2 Å². The number of fused-ring (bicyclic) bond motifs is 1. The van der Waals surface area contributed by atoms with Crippen LogP contribution in [0.5, 0.6) is 0 Å². The summed E-state index contributed by atoms with van der Waals surface area (Å²) in [4.78, 5) is 15.5. The number of aromatic amines is 1. The predicted molar refractivity (Wildman–Crippen MR) is 101 cm³/mol. The Morgan fingerprint density at radius 3 is 2.62 bits per heavy atom. The van der Waals surface area contributed by atoms with Gasteiger partial charge in [-0.05, 0) is 66.4 Å². The maximum atomic E-state index is 13.2. The first kappa shape index (κ1) is 18.1. The second-order valence-electron chi connectivity index (χ2n) is 6.36. The van der Waals surface area contributed by atoms with Gasteiger partial charge in [0.25, 0.3) is 0 Å². The molecule has 0 aliphatic carbocycles. The molecule has 0 bridgehead atoms. The Labute approximate surface area is 152 Å². The van der Waals surface area contributed by atoms with Crippen molar-refractivity contribution in [2.24, 2.45) is 0 Å². The van der Waals surface area contributed by atoms with E-state index in [1.165, 1.54) is 12.1 Å². The summed E-state index contributed by atoms with van der Waals surface area (Å²) in [7, 11) is 1.54. The quantitative estimate of drug-likeness (QED) is 0.692. The second-order valence-corrected chi connectivity index (χ2v) is 6.36. The molecule has 0 aliphatic heterocycles. The molecule has 0 aliphatic rings. The Morgan fingerprint density at radius 2 is 1.96 bits per heavy atom. The van der Waals surface area contributed by atoms with Gasteiger partial charge in [0.2, 0.25) is 5.91 Å². The lowest BCUT2D eigenvalue weighted by Gasteiger charge is -2.13. The minimum absolute atomic E-state index is 0.104. The molecular formula is C21H23FN2O2. The van der Waals surface area contributed by atoms with Gasteiger partial charge in [0.1, 0.15) is 11.9 Å². The zero-order chi connectivity index (χ0) is 18.7. The summed E-state index contributed by atoms with van der Waals surface area (Å²) in [5.41, 5.74) is 5.06. The van der Waals surface area contributed by atoms with Crippen LogP contribution in [0.1, 0.15) is 24.5 Å². The van der Waals surface area contributed by atoms with Crippen LogP contribution < -0.4 is 5.32 Å². The topological polar surface area (TPSA) is 54.1 Å². The van der Waals surface area contributed by atoms with Crippen molar-refractivity contribution < 1.29 is 13.9 Å². The zero-order valence-corrected chi connectivity index (χ0v) is 15.2. The van der Waals surface area contributed by atoms with E-state index in [-0.39, 0.29) is 11.7 Å². The number of halogens is 1. The average Bonchev–Trinajstić information content (AvgIpc) is 2.98. The van der Waals surface area contributed by atoms with Crippen molar-refractivity contribution in [2.45, 2.75) is 32.9 Å². The number of aryl methyl sites for hydroxylation is 1. The summed E-state index contributed by atoms with van der Waals surface area (Å²) in [6, 6.07) is 12.5. The van der Waals surface area contributed by atoms with Crippen molar-refractivity contribution in [1.29, 1.82) is 0 Å². The number of hydrogen-bond donors (Lipinski definition) is 2. The van der Waals surface area contributed by atoms with E-state index in [1.54, 1.807) is 19.2 Å². The number of aromatic nitrogens is 1. The third-order valence-corrected chi connectivity index (χ3v) is 4.67. The van der Waals surface area contributed by atoms with E-state index in [2.05, 4.69) is 16.4 Å². The van der Waals surface area contributed by atoms with Crippen molar-refractivity contribution in [1.82, 2.24) is 10.3 Å². The van der Waals surface area contributed by atoms with E-state index in [9.17, 15) is 9.18 Å². The molecule has 2 N–H and O–H groups in total. The molecule has 5 heteroatoms. The Bertz CT molecular complexity index is 912. The first-order valence-corrected chi connectivity index (χ1v) is 8.71. The van der Waals surface area contributed by atoms with E-state index in [0.717, 1.165) is 33.3 Å². The van der Waals surface area contributed by atoms with Gasteiger partial charge in [-0.25, -0.2) is 4.39 Å². The van der Waals surface area contributed by atoms with Crippen molar-refractivity contribution in [2.75, 3.05) is 7.11 Å². The molecule has 1 aromatic heterocycles. The van der Waals surface area contributed by atoms with Crippen LogP contribution in [-0.4, -0.2) is 24.1 Å². The van der Waals surface area contributed by atoms with Gasteiger partial charge in [-0.15, -0.1) is 0 Å². The van der Waals surface area contributed by atoms with Crippen molar-refractivity contribution in [3.63, 3.8) is 0 Å². The highest BCUT2D eigenvalue weighted by atomic mass is 19.1. The predicted octanol–water partition coefficient (Wildman–Crippen LogP) is 4.32. The van der Waals surface area contributed by atoms with Crippen LogP contribution in [0.3, 0.4) is 0 Å². The first-order chi connectivity index (χ1) is 12.5. The smallest absolute Gasteiger partial charge is 0.249 e. The highest BCUT2D eigenvalue weighted by Crippen LogP contribution is 2.30. The lowest BCUT2D eigenvalue weighted by molar-refractivity contribution is -0.131. The minimum atomic E-state index is -0.419. The lowest BCUT2D eigenvalue weighted by Crippen LogP contribution is -2.34. The summed E-state index contributed by atoms with van der Waals surface area (Å²) >= 11 is 0. The Morgan fingerprint density at radius 1 is 1.23 bits per heavy atom. The maximum Gasteiger partial charge on any atom is 0.249 e. The van der Waals surface area contributed by atoms with E-state index >= 15 is 0 Å². The van der Waals surface area contributed by atoms with Crippen LogP contribution in [-0.2, 0) is 16.1 Å². The third kappa shape index (κ3) is 3.63. The first-order valence-electron chi connectivity index (χ1n) is 8.71. The van der Waals surface area contributed by atoms with Gasteiger partial charge in [-0.2, -0.15) is 0 Å². The molecule has 0 radical (unpaired) electrons. The van der Waals surface area contributed by atoms with E-state index < -0.39 is 6.10 Å². The summed E-state index contributed by atoms with van der Waals surface area (Å²) in [5, 5.41) is 4.01. The van der Waals surface area contributed by atoms with Gasteiger partial charge in [-0.3, -0.25) is 4.79 Å². The van der Waals surface area contributed by atoms with E-state index in [1.807, 2.05) is 26.0 Å². The second kappa shape index (κ2) is 7.70. The molecule has 1 atom stereocenters. The number of H-pyrrole nitrogens is 1. The number of methoxy groups -OCH3 is 1. The maximum absolute atomic E-state index is 13.2. The van der Waals surface area contributed by atoms with E-state index in [4.69, 9.17) is 4.74 Å². The van der Waals surface area contributed by atoms with Crippen LogP contribution in [0, 0.1) is 12.7 Å². The molecule has 0 unspecified atom stereocenters. The monoisotopic (exact) mass is 354 g/mol. The molecule has 4 nitrogen and oxygen atoms in total. The fourth-order valence-electron chi connectivity index (χ4n) is 3.15. The largest absolute Gasteiger partial charge is 0.372 e. The molecule has 3 rings (SSSR count). The molecule has 0 saturated carbocycles. The van der Waals surface area contributed by atoms with Gasteiger partial charge in [0.15, 0.2) is 0 Å². The normalized spacial score (nSPS) is 12.3. The van der Waals surface area contributed by atoms with Crippen LogP contribution in [0.2, 0.25) is 0 Å². The molecule has 0 saturated heterocycles. The highest BCUT2D eigenvalue weighted by molar-refractivity contribution is 5.91. The lowest BCUT2D eigenvalue weighted by atomic mass is 10.0. The summed E-state index contributed by atoms with van der Waals surface area (Å²) < 4.78 is 18.3. The number of hydrogen-bond acceptors (Lipinski definition) is 2. The number of ether oxygens (including phenoxy) is 1. The van der Waals surface area contributed by atoms with Crippen LogP contribution in [0.15, 0.2) is 42.5 Å². The van der Waals surface area contributed by atoms with E-state index in [0.29, 0.717) is 13.0 Å². The summed E-state index contributed by atoms with van der Waals surface area (Å²) in [6.07, 6.45) is 0.220. The van der Waals surface area contributed by atoms with Gasteiger partial charge in [0, 0.05) is 30.3 Å². The van der Waals surface area contributed by atoms with Gasteiger partial charge < -0.3 is 15.0 Å². The number of carbonyl (C=O) groups is 1. The molecule has 3 aromatic rings. The molecule has 0 spiro atoms. The molecule has 1 amide bonds. The van der Waals surface area contributed by atoms with Gasteiger partial charge >= 0.3 is 0 Å². The minimum Gasteiger partial charge on any atom is -0.372 e. The molecular weight excluding hydrogens is 331 g/mol. The average molecular weight is 354 g/mol. The number of nitrogens with one attached hydrogen (secondary N) is 2. The molecule has 0 fully saturated rings. The fraction of sp³-hybridized carbons (Fsp3) is 0.286. The Balaban J connectivity index is 1.84. The standard InChI is InChI=1S/C21H23FN2O2/c1-4-19(26-3)21(25)23-12-14-5-10-18-17(11-14)13(2)20(24-18)15-6-8-16(22)9-7-15/h5-11,19,24H,4,12H2,1-3H3,(H,23,25)/t19-/m0/s1. The van der Waals surface area contributed by atoms with Crippen LogP contribution >= 0.6 is 0 Å². The Hall–Kier alpha value is -2.66. The summed E-state index contributed by atoms with van der Waals surface area (Å²) in [6.45, 7) is 4.41.